The number of rotatable bonds is 10. The molecule has 0 radical (unpaired) electrons. The molecule has 0 saturated carbocycles. The van der Waals surface area contributed by atoms with Gasteiger partial charge in [0.05, 0.1) is 6.10 Å². The number of aliphatic hydroxyl groups is 4. The lowest BCUT2D eigenvalue weighted by Crippen LogP contribution is -2.02. The van der Waals surface area contributed by atoms with Crippen molar-refractivity contribution in [2.75, 3.05) is 19.8 Å². The molecule has 0 aliphatic heterocycles. The number of unbranched alkanes of at least 4 members (excludes halogenated alkanes) is 1. The first-order chi connectivity index (χ1) is 8.62. The second-order valence-corrected chi connectivity index (χ2v) is 4.72. The molecule has 0 rings (SSSR count). The van der Waals surface area contributed by atoms with Crippen molar-refractivity contribution in [3.05, 3.63) is 0 Å². The highest BCUT2D eigenvalue weighted by Crippen LogP contribution is 2.13. The Balaban J connectivity index is 0. The molecule has 0 heterocycles. The maximum atomic E-state index is 8.70. The second kappa shape index (κ2) is 16.8. The van der Waals surface area contributed by atoms with Crippen molar-refractivity contribution in [1.29, 1.82) is 0 Å². The number of aliphatic hydroxyl groups excluding tert-OH is 4. The summed E-state index contributed by atoms with van der Waals surface area (Å²) in [7, 11) is 0. The Hall–Kier alpha value is -0.160. The van der Waals surface area contributed by atoms with E-state index in [4.69, 9.17) is 20.4 Å². The average Bonchev–Trinajstić information content (AvgIpc) is 2.35. The summed E-state index contributed by atoms with van der Waals surface area (Å²) in [5, 5.41) is 34.1. The molecule has 112 valence electrons. The van der Waals surface area contributed by atoms with Crippen LogP contribution in [0.25, 0.3) is 0 Å². The van der Waals surface area contributed by atoms with Crippen LogP contribution in [-0.4, -0.2) is 46.4 Å². The zero-order chi connectivity index (χ0) is 14.2. The van der Waals surface area contributed by atoms with Gasteiger partial charge in [-0.25, -0.2) is 0 Å². The Morgan fingerprint density at radius 2 is 1.39 bits per heavy atom. The third-order valence-electron chi connectivity index (χ3n) is 2.92. The summed E-state index contributed by atoms with van der Waals surface area (Å²) in [6.07, 6.45) is 6.25. The van der Waals surface area contributed by atoms with E-state index in [0.717, 1.165) is 44.9 Å². The molecule has 0 aromatic heterocycles. The molecule has 0 spiro atoms. The van der Waals surface area contributed by atoms with Gasteiger partial charge in [0, 0.05) is 19.8 Å². The Kier molecular flexibility index (Phi) is 18.9. The summed E-state index contributed by atoms with van der Waals surface area (Å²) in [6.45, 7) is 4.69. The van der Waals surface area contributed by atoms with Crippen molar-refractivity contribution >= 4 is 0 Å². The van der Waals surface area contributed by atoms with Gasteiger partial charge in [-0.2, -0.15) is 0 Å². The van der Waals surface area contributed by atoms with E-state index in [9.17, 15) is 0 Å². The van der Waals surface area contributed by atoms with Gasteiger partial charge in [-0.05, 0) is 51.4 Å². The van der Waals surface area contributed by atoms with Crippen LogP contribution in [-0.2, 0) is 0 Å². The topological polar surface area (TPSA) is 80.9 Å². The molecule has 0 amide bonds. The summed E-state index contributed by atoms with van der Waals surface area (Å²) >= 11 is 0. The maximum absolute atomic E-state index is 8.70. The van der Waals surface area contributed by atoms with Crippen LogP contribution >= 0.6 is 0 Å². The van der Waals surface area contributed by atoms with Crippen LogP contribution in [0.3, 0.4) is 0 Å². The molecule has 0 saturated heterocycles. The normalized spacial score (nSPS) is 13.7. The highest BCUT2D eigenvalue weighted by molar-refractivity contribution is 4.55. The van der Waals surface area contributed by atoms with E-state index in [-0.39, 0.29) is 25.9 Å². The minimum atomic E-state index is -0.207. The third kappa shape index (κ3) is 18.2. The molecule has 2 unspecified atom stereocenters. The van der Waals surface area contributed by atoms with Crippen molar-refractivity contribution in [3.8, 4) is 0 Å². The Morgan fingerprint density at radius 3 is 1.78 bits per heavy atom. The Labute approximate surface area is 112 Å². The molecule has 4 N–H and O–H groups in total. The van der Waals surface area contributed by atoms with Gasteiger partial charge in [0.2, 0.25) is 0 Å². The van der Waals surface area contributed by atoms with E-state index in [1.807, 2.05) is 0 Å². The summed E-state index contributed by atoms with van der Waals surface area (Å²) in [4.78, 5) is 0. The van der Waals surface area contributed by atoms with Gasteiger partial charge >= 0.3 is 0 Å². The highest BCUT2D eigenvalue weighted by Gasteiger charge is 2.03. The maximum Gasteiger partial charge on any atom is 0.0512 e. The molecule has 4 nitrogen and oxygen atoms in total. The van der Waals surface area contributed by atoms with Crippen LogP contribution in [0.1, 0.15) is 58.8 Å². The fraction of sp³-hybridized carbons (Fsp3) is 1.00. The Bertz CT molecular complexity index is 140. The zero-order valence-corrected chi connectivity index (χ0v) is 12.0. The summed E-state index contributed by atoms with van der Waals surface area (Å²) in [5.41, 5.74) is 0. The van der Waals surface area contributed by atoms with Crippen molar-refractivity contribution in [2.45, 2.75) is 64.9 Å². The zero-order valence-electron chi connectivity index (χ0n) is 12.0. The molecule has 4 heteroatoms. The van der Waals surface area contributed by atoms with Crippen molar-refractivity contribution < 1.29 is 20.4 Å². The fourth-order valence-corrected chi connectivity index (χ4v) is 1.67. The van der Waals surface area contributed by atoms with Crippen LogP contribution in [0, 0.1) is 5.92 Å². The van der Waals surface area contributed by atoms with Gasteiger partial charge in [0.1, 0.15) is 0 Å². The molecular weight excluding hydrogens is 232 g/mol. The van der Waals surface area contributed by atoms with Crippen molar-refractivity contribution in [3.63, 3.8) is 0 Å². The molecule has 0 bridgehead atoms. The number of hydrogen-bond acceptors (Lipinski definition) is 4. The van der Waals surface area contributed by atoms with Crippen molar-refractivity contribution in [1.82, 2.24) is 0 Å². The molecule has 0 aliphatic rings. The number of hydrogen-bond donors (Lipinski definition) is 4. The van der Waals surface area contributed by atoms with E-state index < -0.39 is 0 Å². The summed E-state index contributed by atoms with van der Waals surface area (Å²) in [5.74, 6) is 0.608. The largest absolute Gasteiger partial charge is 0.396 e. The molecule has 0 aromatic rings. The molecule has 2 atom stereocenters. The van der Waals surface area contributed by atoms with Crippen LogP contribution in [0.4, 0.5) is 0 Å². The second-order valence-electron chi connectivity index (χ2n) is 4.72. The molecule has 0 aromatic carbocycles. The van der Waals surface area contributed by atoms with Gasteiger partial charge < -0.3 is 20.4 Å². The van der Waals surface area contributed by atoms with E-state index in [2.05, 4.69) is 6.92 Å². The Morgan fingerprint density at radius 1 is 0.778 bits per heavy atom. The summed E-state index contributed by atoms with van der Waals surface area (Å²) < 4.78 is 0. The third-order valence-corrected chi connectivity index (χ3v) is 2.92. The molecule has 18 heavy (non-hydrogen) atoms. The van der Waals surface area contributed by atoms with Crippen LogP contribution < -0.4 is 0 Å². The quantitative estimate of drug-likeness (QED) is 0.453. The first-order valence-corrected chi connectivity index (χ1v) is 7.12. The van der Waals surface area contributed by atoms with Crippen LogP contribution in [0.2, 0.25) is 0 Å². The monoisotopic (exact) mass is 264 g/mol. The van der Waals surface area contributed by atoms with Crippen LogP contribution in [0.15, 0.2) is 0 Å². The van der Waals surface area contributed by atoms with E-state index in [1.165, 1.54) is 0 Å². The molecule has 0 aliphatic carbocycles. The van der Waals surface area contributed by atoms with Crippen molar-refractivity contribution in [2.24, 2.45) is 5.92 Å². The minimum Gasteiger partial charge on any atom is -0.396 e. The van der Waals surface area contributed by atoms with Gasteiger partial charge in [-0.1, -0.05) is 13.3 Å². The lowest BCUT2D eigenvalue weighted by atomic mass is 9.97. The molecule has 0 fully saturated rings. The molecular formula is C14H32O4. The van der Waals surface area contributed by atoms with Gasteiger partial charge in [-0.3, -0.25) is 0 Å². The van der Waals surface area contributed by atoms with Gasteiger partial charge in [-0.15, -0.1) is 0 Å². The minimum absolute atomic E-state index is 0.207. The van der Waals surface area contributed by atoms with E-state index in [1.54, 1.807) is 6.92 Å². The highest BCUT2D eigenvalue weighted by atomic mass is 16.3. The first-order valence-electron chi connectivity index (χ1n) is 7.12. The summed E-state index contributed by atoms with van der Waals surface area (Å²) in [6, 6.07) is 0. The first kappa shape index (κ1) is 20.2. The van der Waals surface area contributed by atoms with E-state index in [0.29, 0.717) is 5.92 Å². The SMILES string of the molecule is CC(O)CCCCO.CCC(CCO)CCCO. The standard InChI is InChI=1S/C8H18O2.C6H14O2/c1-2-8(5-7-10)4-3-6-9;1-6(8)4-2-3-5-7/h8-10H,2-7H2,1H3;6-8H,2-5H2,1H3. The predicted octanol–water partition coefficient (Wildman–Crippen LogP) is 1.70. The predicted molar refractivity (Wildman–Crippen MR) is 74.4 cm³/mol. The van der Waals surface area contributed by atoms with E-state index >= 15 is 0 Å². The van der Waals surface area contributed by atoms with Gasteiger partial charge in [0.25, 0.3) is 0 Å². The van der Waals surface area contributed by atoms with Gasteiger partial charge in [0.15, 0.2) is 0 Å². The fourth-order valence-electron chi connectivity index (χ4n) is 1.67. The lowest BCUT2D eigenvalue weighted by Gasteiger charge is -2.11. The average molecular weight is 264 g/mol. The smallest absolute Gasteiger partial charge is 0.0512 e. The van der Waals surface area contributed by atoms with Crippen LogP contribution in [0.5, 0.6) is 0 Å². The lowest BCUT2D eigenvalue weighted by molar-refractivity contribution is 0.175.